The molecule has 1 aromatic carbocycles. The third-order valence-electron chi connectivity index (χ3n) is 7.75. The van der Waals surface area contributed by atoms with E-state index in [-0.39, 0.29) is 48.7 Å². The Morgan fingerprint density at radius 2 is 2.03 bits per heavy atom. The number of thioether (sulfide) groups is 1. The summed E-state index contributed by atoms with van der Waals surface area (Å²) in [4.78, 5) is 44.8. The van der Waals surface area contributed by atoms with E-state index >= 15 is 0 Å². The summed E-state index contributed by atoms with van der Waals surface area (Å²) in [6.45, 7) is 10.8. The monoisotopic (exact) mass is 512 g/mol. The number of aliphatic hydroxyl groups is 1. The first-order valence-electron chi connectivity index (χ1n) is 12.7. The molecule has 0 radical (unpaired) electrons. The van der Waals surface area contributed by atoms with Gasteiger partial charge in [-0.05, 0) is 30.7 Å². The summed E-state index contributed by atoms with van der Waals surface area (Å²) >= 11 is 1.63. The van der Waals surface area contributed by atoms with Gasteiger partial charge in [0.2, 0.25) is 11.8 Å². The Balaban J connectivity index is 1.70. The molecule has 3 heterocycles. The van der Waals surface area contributed by atoms with Crippen LogP contribution in [-0.4, -0.2) is 75.0 Å². The van der Waals surface area contributed by atoms with E-state index in [2.05, 4.69) is 20.1 Å². The van der Waals surface area contributed by atoms with Crippen LogP contribution in [0.3, 0.4) is 0 Å². The zero-order valence-corrected chi connectivity index (χ0v) is 21.7. The number of hydrogen-bond acceptors (Lipinski definition) is 6. The van der Waals surface area contributed by atoms with Gasteiger partial charge in [0.15, 0.2) is 0 Å². The minimum Gasteiger partial charge on any atom is -0.465 e. The lowest BCUT2D eigenvalue weighted by Gasteiger charge is -2.40. The first-order valence-corrected chi connectivity index (χ1v) is 13.6. The highest BCUT2D eigenvalue weighted by Crippen LogP contribution is 2.68. The van der Waals surface area contributed by atoms with Crippen LogP contribution < -0.4 is 0 Å². The average molecular weight is 513 g/mol. The second-order valence-corrected chi connectivity index (χ2v) is 11.4. The van der Waals surface area contributed by atoms with Gasteiger partial charge in [0.1, 0.15) is 6.04 Å². The van der Waals surface area contributed by atoms with Gasteiger partial charge in [-0.15, -0.1) is 24.9 Å². The Bertz CT molecular complexity index is 1000. The molecule has 7 nitrogen and oxygen atoms in total. The highest BCUT2D eigenvalue weighted by molar-refractivity contribution is 8.02. The second kappa shape index (κ2) is 11.2. The molecular formula is C28H36N2O5S. The van der Waals surface area contributed by atoms with Crippen LogP contribution in [-0.2, 0) is 25.7 Å². The maximum absolute atomic E-state index is 14.3. The summed E-state index contributed by atoms with van der Waals surface area (Å²) < 4.78 is 4.84. The van der Waals surface area contributed by atoms with Crippen LogP contribution in [0.4, 0.5) is 0 Å². The van der Waals surface area contributed by atoms with Crippen LogP contribution in [0.5, 0.6) is 0 Å². The summed E-state index contributed by atoms with van der Waals surface area (Å²) in [5.41, 5.74) is 0.994. The first-order chi connectivity index (χ1) is 17.4. The Labute approximate surface area is 217 Å². The number of hydrogen-bond donors (Lipinski definition) is 1. The third kappa shape index (κ3) is 4.50. The maximum Gasteiger partial charge on any atom is 0.310 e. The van der Waals surface area contributed by atoms with E-state index in [1.54, 1.807) is 33.7 Å². The van der Waals surface area contributed by atoms with Gasteiger partial charge in [0.25, 0.3) is 0 Å². The predicted octanol–water partition coefficient (Wildman–Crippen LogP) is 3.04. The Morgan fingerprint density at radius 3 is 2.69 bits per heavy atom. The van der Waals surface area contributed by atoms with E-state index in [1.807, 2.05) is 30.3 Å². The van der Waals surface area contributed by atoms with Crippen LogP contribution in [0.2, 0.25) is 0 Å². The standard InChI is InChI=1S/C28H36N2O5S/c1-4-6-16-35-27(34)22-21-17-19(3)28(36-21)23(22)25(32)30(14-10-15-31)24(28)26(33)29(13-5-2)18-20-11-8-7-9-12-20/h4-5,7-9,11-12,19,21-24,31H,1-2,6,10,13-18H2,3H3/t19?,21-,22+,23+,24?,28?/m1/s1. The fourth-order valence-corrected chi connectivity index (χ4v) is 8.66. The number of benzene rings is 1. The number of fused-ring (bicyclic) bond motifs is 1. The normalized spacial score (nSPS) is 30.2. The van der Waals surface area contributed by atoms with Crippen molar-refractivity contribution in [3.8, 4) is 0 Å². The highest BCUT2D eigenvalue weighted by Gasteiger charge is 2.76. The fourth-order valence-electron chi connectivity index (χ4n) is 6.25. The fraction of sp³-hybridized carbons (Fsp3) is 0.536. The summed E-state index contributed by atoms with van der Waals surface area (Å²) in [5.74, 6) is -1.76. The van der Waals surface area contributed by atoms with E-state index < -0.39 is 22.6 Å². The molecule has 0 aromatic heterocycles. The van der Waals surface area contributed by atoms with Crippen molar-refractivity contribution in [1.82, 2.24) is 9.80 Å². The molecule has 3 aliphatic rings. The molecule has 1 aromatic rings. The van der Waals surface area contributed by atoms with Crippen LogP contribution in [0.25, 0.3) is 0 Å². The Morgan fingerprint density at radius 1 is 1.28 bits per heavy atom. The lowest BCUT2D eigenvalue weighted by Crippen LogP contribution is -2.57. The number of likely N-dealkylation sites (tertiary alicyclic amines) is 1. The van der Waals surface area contributed by atoms with Gasteiger partial charge in [0, 0.05) is 31.5 Å². The molecule has 6 atom stereocenters. The third-order valence-corrected chi connectivity index (χ3v) is 9.83. The number of esters is 1. The quantitative estimate of drug-likeness (QED) is 0.263. The van der Waals surface area contributed by atoms with Gasteiger partial charge < -0.3 is 19.6 Å². The lowest BCUT2D eigenvalue weighted by atomic mass is 9.66. The van der Waals surface area contributed by atoms with Crippen molar-refractivity contribution < 1.29 is 24.2 Å². The SMILES string of the molecule is C=CCCOC(=O)[C@@H]1[C@H]2C(=O)N(CCCO)C(C(=O)N(CC=C)Cc3ccccc3)C23S[C@@H]1CC3C. The number of aliphatic hydroxyl groups excluding tert-OH is 1. The van der Waals surface area contributed by atoms with Crippen molar-refractivity contribution in [2.45, 2.75) is 48.8 Å². The van der Waals surface area contributed by atoms with E-state index in [0.29, 0.717) is 25.9 Å². The zero-order valence-electron chi connectivity index (χ0n) is 20.9. The summed E-state index contributed by atoms with van der Waals surface area (Å²) in [7, 11) is 0. The van der Waals surface area contributed by atoms with Crippen molar-refractivity contribution in [2.24, 2.45) is 17.8 Å². The summed E-state index contributed by atoms with van der Waals surface area (Å²) in [5, 5.41) is 9.48. The van der Waals surface area contributed by atoms with Crippen LogP contribution >= 0.6 is 11.8 Å². The van der Waals surface area contributed by atoms with Gasteiger partial charge in [-0.3, -0.25) is 14.4 Å². The number of ether oxygens (including phenoxy) is 1. The van der Waals surface area contributed by atoms with Gasteiger partial charge in [0.05, 0.1) is 23.2 Å². The molecular weight excluding hydrogens is 476 g/mol. The predicted molar refractivity (Wildman–Crippen MR) is 140 cm³/mol. The minimum absolute atomic E-state index is 0.0533. The van der Waals surface area contributed by atoms with E-state index in [1.165, 1.54) is 0 Å². The highest BCUT2D eigenvalue weighted by atomic mass is 32.2. The van der Waals surface area contributed by atoms with Gasteiger partial charge in [-0.1, -0.05) is 49.4 Å². The molecule has 2 amide bonds. The number of carbonyl (C=O) groups excluding carboxylic acids is 3. The number of nitrogens with zero attached hydrogens (tertiary/aromatic N) is 2. The molecule has 1 N–H and O–H groups in total. The van der Waals surface area contributed by atoms with Crippen molar-refractivity contribution >= 4 is 29.5 Å². The van der Waals surface area contributed by atoms with Crippen LogP contribution in [0.15, 0.2) is 55.6 Å². The molecule has 36 heavy (non-hydrogen) atoms. The number of amides is 2. The van der Waals surface area contributed by atoms with Crippen LogP contribution in [0.1, 0.15) is 31.7 Å². The Kier molecular flexibility index (Phi) is 8.25. The molecule has 3 saturated heterocycles. The van der Waals surface area contributed by atoms with Gasteiger partial charge >= 0.3 is 5.97 Å². The molecule has 194 valence electrons. The van der Waals surface area contributed by atoms with E-state index in [4.69, 9.17) is 4.74 Å². The number of carbonyl (C=O) groups is 3. The van der Waals surface area contributed by atoms with Crippen molar-refractivity contribution in [3.05, 3.63) is 61.2 Å². The summed E-state index contributed by atoms with van der Waals surface area (Å²) in [6.07, 6.45) is 5.08. The molecule has 3 aliphatic heterocycles. The average Bonchev–Trinajstić information content (AvgIpc) is 3.46. The molecule has 3 fully saturated rings. The van der Waals surface area contributed by atoms with Crippen LogP contribution in [0, 0.1) is 17.8 Å². The van der Waals surface area contributed by atoms with Crippen molar-refractivity contribution in [1.29, 1.82) is 0 Å². The maximum atomic E-state index is 14.3. The topological polar surface area (TPSA) is 87.1 Å². The molecule has 0 saturated carbocycles. The second-order valence-electron chi connectivity index (χ2n) is 9.90. The minimum atomic E-state index is -0.707. The molecule has 0 aliphatic carbocycles. The summed E-state index contributed by atoms with van der Waals surface area (Å²) in [6, 6.07) is 9.05. The first kappa shape index (κ1) is 26.5. The van der Waals surface area contributed by atoms with E-state index in [9.17, 15) is 19.5 Å². The molecule has 8 heteroatoms. The molecule has 2 bridgehead atoms. The Hall–Kier alpha value is -2.58. The lowest BCUT2D eigenvalue weighted by molar-refractivity contribution is -0.154. The van der Waals surface area contributed by atoms with E-state index in [0.717, 1.165) is 12.0 Å². The van der Waals surface area contributed by atoms with Crippen molar-refractivity contribution in [3.63, 3.8) is 0 Å². The van der Waals surface area contributed by atoms with Crippen molar-refractivity contribution in [2.75, 3.05) is 26.3 Å². The molecule has 4 rings (SSSR count). The zero-order chi connectivity index (χ0) is 25.9. The smallest absolute Gasteiger partial charge is 0.310 e. The molecule has 3 unspecified atom stereocenters. The van der Waals surface area contributed by atoms with Gasteiger partial charge in [-0.2, -0.15) is 0 Å². The largest absolute Gasteiger partial charge is 0.465 e. The van der Waals surface area contributed by atoms with Gasteiger partial charge in [-0.25, -0.2) is 0 Å². The molecule has 1 spiro atoms. The number of rotatable bonds is 12.